The summed E-state index contributed by atoms with van der Waals surface area (Å²) in [5, 5.41) is 0.446. The monoisotopic (exact) mass is 453 g/mol. The fraction of sp³-hybridized carbons (Fsp3) is 0.0400. The van der Waals surface area contributed by atoms with E-state index in [9.17, 15) is 19.2 Å². The second-order valence-electron chi connectivity index (χ2n) is 7.82. The third-order valence-electron chi connectivity index (χ3n) is 5.87. The van der Waals surface area contributed by atoms with Gasteiger partial charge in [0.2, 0.25) is 10.9 Å². The van der Waals surface area contributed by atoms with Crippen molar-refractivity contribution in [1.29, 1.82) is 0 Å². The molecule has 3 aromatic carbocycles. The van der Waals surface area contributed by atoms with E-state index in [1.807, 2.05) is 36.4 Å². The van der Waals surface area contributed by atoms with Crippen molar-refractivity contribution in [2.75, 3.05) is 0 Å². The number of rotatable bonds is 3. The fourth-order valence-electron chi connectivity index (χ4n) is 4.22. The van der Waals surface area contributed by atoms with Gasteiger partial charge < -0.3 is 9.97 Å². The van der Waals surface area contributed by atoms with Gasteiger partial charge in [-0.2, -0.15) is 0 Å². The Bertz CT molecular complexity index is 1810. The lowest BCUT2D eigenvalue weighted by Gasteiger charge is -2.03. The fourth-order valence-corrected chi connectivity index (χ4v) is 5.29. The van der Waals surface area contributed by atoms with E-state index in [4.69, 9.17) is 0 Å². The molecule has 3 aromatic heterocycles. The van der Waals surface area contributed by atoms with Crippen LogP contribution >= 0.6 is 11.3 Å². The van der Waals surface area contributed by atoms with Crippen LogP contribution in [0.4, 0.5) is 0 Å². The van der Waals surface area contributed by atoms with E-state index in [0.29, 0.717) is 0 Å². The first-order chi connectivity index (χ1) is 16.0. The van der Waals surface area contributed by atoms with E-state index in [1.165, 1.54) is 22.5 Å². The molecule has 160 valence electrons. The molecule has 0 aliphatic heterocycles. The molecule has 33 heavy (non-hydrogen) atoms. The zero-order valence-electron chi connectivity index (χ0n) is 17.0. The highest BCUT2D eigenvalue weighted by Gasteiger charge is 2.22. The van der Waals surface area contributed by atoms with Crippen LogP contribution in [0.15, 0.2) is 86.2 Å². The molecule has 7 nitrogen and oxygen atoms in total. The number of thiophene rings is 1. The summed E-state index contributed by atoms with van der Waals surface area (Å²) >= 11 is 1.69. The van der Waals surface area contributed by atoms with Gasteiger partial charge in [0.1, 0.15) is 21.8 Å². The molecular formula is C25H15N3O4S. The van der Waals surface area contributed by atoms with Gasteiger partial charge in [0.15, 0.2) is 0 Å². The molecule has 6 rings (SSSR count). The predicted molar refractivity (Wildman–Crippen MR) is 131 cm³/mol. The molecule has 0 fully saturated rings. The second kappa shape index (κ2) is 7.11. The topological polar surface area (TPSA) is 105 Å². The molecule has 0 aliphatic carbocycles. The molecule has 0 bridgehead atoms. The Balaban J connectivity index is 1.44. The minimum atomic E-state index is -0.746. The van der Waals surface area contributed by atoms with Crippen molar-refractivity contribution in [2.45, 2.75) is 6.54 Å². The van der Waals surface area contributed by atoms with E-state index < -0.39 is 22.0 Å². The number of hydrogen-bond acceptors (Lipinski definition) is 5. The molecule has 0 saturated heterocycles. The summed E-state index contributed by atoms with van der Waals surface area (Å²) in [6.45, 7) is -0.0261. The summed E-state index contributed by atoms with van der Waals surface area (Å²) < 4.78 is 2.16. The molecule has 8 heteroatoms. The Kier molecular flexibility index (Phi) is 4.18. The number of H-pyrrole nitrogens is 2. The van der Waals surface area contributed by atoms with Crippen LogP contribution in [0, 0.1) is 0 Å². The Morgan fingerprint density at radius 2 is 1.36 bits per heavy atom. The molecule has 0 unspecified atom stereocenters. The van der Waals surface area contributed by atoms with Gasteiger partial charge in [-0.15, -0.1) is 11.3 Å². The van der Waals surface area contributed by atoms with Gasteiger partial charge in [0, 0.05) is 22.0 Å². The molecule has 0 saturated carbocycles. The van der Waals surface area contributed by atoms with Crippen LogP contribution in [0.3, 0.4) is 0 Å². The number of nitrogens with one attached hydrogen (secondary N) is 2. The van der Waals surface area contributed by atoms with Crippen molar-refractivity contribution in [3.63, 3.8) is 0 Å². The number of aromatic amines is 2. The predicted octanol–water partition coefficient (Wildman–Crippen LogP) is 3.26. The molecule has 0 radical (unpaired) electrons. The minimum absolute atomic E-state index is 0.0167. The molecular weight excluding hydrogens is 438 g/mol. The van der Waals surface area contributed by atoms with Gasteiger partial charge in [0.25, 0.3) is 11.1 Å². The number of hydrogen-bond donors (Lipinski definition) is 2. The van der Waals surface area contributed by atoms with E-state index in [-0.39, 0.29) is 28.4 Å². The smallest absolute Gasteiger partial charge is 0.266 e. The Morgan fingerprint density at radius 1 is 0.758 bits per heavy atom. The van der Waals surface area contributed by atoms with Crippen LogP contribution in [0.25, 0.3) is 42.3 Å². The third kappa shape index (κ3) is 2.88. The number of benzene rings is 3. The van der Waals surface area contributed by atoms with Crippen LogP contribution < -0.4 is 22.0 Å². The summed E-state index contributed by atoms with van der Waals surface area (Å²) in [5.41, 5.74) is -1.08. The van der Waals surface area contributed by atoms with E-state index in [2.05, 4.69) is 28.2 Å². The number of nitrogens with zero attached hydrogens (tertiary/aromatic N) is 1. The summed E-state index contributed by atoms with van der Waals surface area (Å²) in [7, 11) is 0. The zero-order valence-corrected chi connectivity index (χ0v) is 17.9. The molecule has 2 N–H and O–H groups in total. The van der Waals surface area contributed by atoms with Crippen LogP contribution in [-0.4, -0.2) is 14.5 Å². The summed E-state index contributed by atoms with van der Waals surface area (Å²) in [6, 6.07) is 17.9. The van der Waals surface area contributed by atoms with Crippen molar-refractivity contribution in [2.24, 2.45) is 0 Å². The van der Waals surface area contributed by atoms with Gasteiger partial charge in [-0.3, -0.25) is 23.7 Å². The first-order valence-electron chi connectivity index (χ1n) is 10.2. The molecule has 3 heterocycles. The van der Waals surface area contributed by atoms with Gasteiger partial charge in [-0.1, -0.05) is 42.5 Å². The van der Waals surface area contributed by atoms with Crippen LogP contribution in [0.1, 0.15) is 5.56 Å². The second-order valence-corrected chi connectivity index (χ2v) is 8.91. The molecule has 6 aromatic rings. The summed E-state index contributed by atoms with van der Waals surface area (Å²) in [5.74, 6) is 0. The van der Waals surface area contributed by atoms with E-state index in [1.54, 1.807) is 11.3 Å². The highest BCUT2D eigenvalue weighted by Crippen LogP contribution is 2.33. The SMILES string of the molecule is O=c1c2[nH]cc[nH]c2c(=O)c2c(=O)n(Cc3ccc(-c4cc5ccccc5s4)cc3)c(=O)c12. The highest BCUT2D eigenvalue weighted by molar-refractivity contribution is 7.22. The zero-order chi connectivity index (χ0) is 22.7. The molecule has 0 amide bonds. The largest absolute Gasteiger partial charge is 0.355 e. The normalized spacial score (nSPS) is 11.6. The maximum absolute atomic E-state index is 13.0. The van der Waals surface area contributed by atoms with Crippen LogP contribution in [0.2, 0.25) is 0 Å². The summed E-state index contributed by atoms with van der Waals surface area (Å²) in [4.78, 5) is 58.1. The maximum atomic E-state index is 13.0. The van der Waals surface area contributed by atoms with E-state index in [0.717, 1.165) is 20.6 Å². The van der Waals surface area contributed by atoms with Gasteiger partial charge >= 0.3 is 0 Å². The average molecular weight is 453 g/mol. The quantitative estimate of drug-likeness (QED) is 0.429. The lowest BCUT2D eigenvalue weighted by atomic mass is 10.1. The first-order valence-corrected chi connectivity index (χ1v) is 11.0. The standard InChI is InChI=1S/C25H15N3O4S/c29-22-18-19(23(30)21-20(22)26-9-10-27-21)25(32)28(24(18)31)12-13-5-7-14(8-6-13)17-11-15-3-1-2-4-16(15)33-17/h1-11,26-27H,12H2. The van der Waals surface area contributed by atoms with Crippen molar-refractivity contribution in [3.8, 4) is 10.4 Å². The van der Waals surface area contributed by atoms with Gasteiger partial charge in [-0.05, 0) is 28.6 Å². The van der Waals surface area contributed by atoms with Crippen molar-refractivity contribution in [3.05, 3.63) is 114 Å². The molecule has 0 atom stereocenters. The van der Waals surface area contributed by atoms with Gasteiger partial charge in [-0.25, -0.2) is 0 Å². The highest BCUT2D eigenvalue weighted by atomic mass is 32.1. The van der Waals surface area contributed by atoms with Crippen molar-refractivity contribution < 1.29 is 0 Å². The van der Waals surface area contributed by atoms with Crippen LogP contribution in [-0.2, 0) is 6.54 Å². The first kappa shape index (κ1) is 19.4. The average Bonchev–Trinajstić information content (AvgIpc) is 3.38. The number of aromatic nitrogens is 3. The van der Waals surface area contributed by atoms with Gasteiger partial charge in [0.05, 0.1) is 6.54 Å². The van der Waals surface area contributed by atoms with Crippen LogP contribution in [0.5, 0.6) is 0 Å². The Morgan fingerprint density at radius 3 is 1.97 bits per heavy atom. The number of fused-ring (bicyclic) bond motifs is 3. The van der Waals surface area contributed by atoms with E-state index >= 15 is 0 Å². The van der Waals surface area contributed by atoms with Crippen molar-refractivity contribution >= 4 is 43.2 Å². The molecule has 0 aliphatic rings. The lowest BCUT2D eigenvalue weighted by Crippen LogP contribution is -2.27. The third-order valence-corrected chi connectivity index (χ3v) is 7.03. The Labute approximate surface area is 188 Å². The lowest BCUT2D eigenvalue weighted by molar-refractivity contribution is 0.754. The Hall–Kier alpha value is -4.30. The minimum Gasteiger partial charge on any atom is -0.355 e. The summed E-state index contributed by atoms with van der Waals surface area (Å²) in [6.07, 6.45) is 2.90. The maximum Gasteiger partial charge on any atom is 0.266 e. The van der Waals surface area contributed by atoms with Crippen molar-refractivity contribution in [1.82, 2.24) is 14.5 Å². The molecule has 0 spiro atoms.